The van der Waals surface area contributed by atoms with E-state index in [2.05, 4.69) is 4.90 Å². The van der Waals surface area contributed by atoms with E-state index in [0.29, 0.717) is 18.6 Å². The largest absolute Gasteiger partial charge is 0.494 e. The molecule has 1 fully saturated rings. The molecule has 0 unspecified atom stereocenters. The normalized spacial score (nSPS) is 14.8. The Kier molecular flexibility index (Phi) is 7.69. The van der Waals surface area contributed by atoms with Crippen molar-refractivity contribution in [1.29, 1.82) is 0 Å². The lowest BCUT2D eigenvalue weighted by Crippen LogP contribution is -2.31. The minimum atomic E-state index is -0.646. The van der Waals surface area contributed by atoms with Crippen LogP contribution in [-0.2, 0) is 4.74 Å². The Labute approximate surface area is 178 Å². The zero-order valence-electron chi connectivity index (χ0n) is 18.0. The number of carbonyl (C=O) groups is 2. The lowest BCUT2D eigenvalue weighted by atomic mass is 9.98. The number of hydrogen-bond acceptors (Lipinski definition) is 5. The first-order valence-electron chi connectivity index (χ1n) is 10.8. The van der Waals surface area contributed by atoms with Crippen LogP contribution in [0.2, 0.25) is 0 Å². The molecule has 3 rings (SSSR count). The van der Waals surface area contributed by atoms with E-state index in [9.17, 15) is 9.59 Å². The molecule has 2 N–H and O–H groups in total. The van der Waals surface area contributed by atoms with E-state index in [1.807, 2.05) is 26.0 Å². The van der Waals surface area contributed by atoms with Gasteiger partial charge in [0.2, 0.25) is 5.91 Å². The van der Waals surface area contributed by atoms with Crippen LogP contribution >= 0.6 is 0 Å². The maximum atomic E-state index is 12.4. The highest BCUT2D eigenvalue weighted by Crippen LogP contribution is 2.27. The third-order valence-corrected chi connectivity index (χ3v) is 5.34. The van der Waals surface area contributed by atoms with Crippen LogP contribution in [0.4, 0.5) is 0 Å². The van der Waals surface area contributed by atoms with Gasteiger partial charge in [-0.3, -0.25) is 4.79 Å². The Hall–Kier alpha value is -2.60. The standard InChI is InChI=1S/C24H32N2O4/c1-17(2)16-30-24(28)21-9-7-18-15-19(8-10-20(18)22(21)23(25)27)29-14-6-13-26-11-4-3-5-12-26/h7-10,15,17H,3-6,11-14,16H2,1-2H3,(H2,25,27). The molecule has 1 aliphatic heterocycles. The minimum absolute atomic E-state index is 0.193. The van der Waals surface area contributed by atoms with Crippen molar-refractivity contribution in [3.8, 4) is 5.75 Å². The summed E-state index contributed by atoms with van der Waals surface area (Å²) in [6.07, 6.45) is 4.90. The van der Waals surface area contributed by atoms with Gasteiger partial charge in [-0.2, -0.15) is 0 Å². The van der Waals surface area contributed by atoms with Gasteiger partial charge in [-0.15, -0.1) is 0 Å². The van der Waals surface area contributed by atoms with Crippen molar-refractivity contribution in [3.63, 3.8) is 0 Å². The summed E-state index contributed by atoms with van der Waals surface area (Å²) in [5, 5.41) is 1.43. The Morgan fingerprint density at radius 1 is 1.10 bits per heavy atom. The van der Waals surface area contributed by atoms with Gasteiger partial charge in [0.1, 0.15) is 5.75 Å². The number of esters is 1. The first-order valence-corrected chi connectivity index (χ1v) is 10.8. The summed E-state index contributed by atoms with van der Waals surface area (Å²) < 4.78 is 11.2. The molecule has 0 aliphatic carbocycles. The molecule has 1 heterocycles. The molecule has 0 aromatic heterocycles. The van der Waals surface area contributed by atoms with Crippen LogP contribution in [0.25, 0.3) is 10.8 Å². The topological polar surface area (TPSA) is 81.9 Å². The molecular weight excluding hydrogens is 380 g/mol. The molecule has 1 amide bonds. The van der Waals surface area contributed by atoms with Gasteiger partial charge >= 0.3 is 5.97 Å². The molecule has 6 nitrogen and oxygen atoms in total. The van der Waals surface area contributed by atoms with Gasteiger partial charge < -0.3 is 20.1 Å². The van der Waals surface area contributed by atoms with Crippen molar-refractivity contribution in [2.24, 2.45) is 11.7 Å². The summed E-state index contributed by atoms with van der Waals surface area (Å²) >= 11 is 0. The lowest BCUT2D eigenvalue weighted by molar-refractivity contribution is 0.0456. The first kappa shape index (κ1) is 22.1. The van der Waals surface area contributed by atoms with Crippen molar-refractivity contribution >= 4 is 22.6 Å². The van der Waals surface area contributed by atoms with Crippen LogP contribution in [-0.4, -0.2) is 49.6 Å². The fourth-order valence-corrected chi connectivity index (χ4v) is 3.81. The second kappa shape index (κ2) is 10.4. The van der Waals surface area contributed by atoms with E-state index in [1.54, 1.807) is 18.2 Å². The number of amides is 1. The summed E-state index contributed by atoms with van der Waals surface area (Å²) in [4.78, 5) is 27.0. The number of nitrogens with zero attached hydrogens (tertiary/aromatic N) is 1. The lowest BCUT2D eigenvalue weighted by Gasteiger charge is -2.26. The monoisotopic (exact) mass is 412 g/mol. The number of fused-ring (bicyclic) bond motifs is 1. The van der Waals surface area contributed by atoms with Crippen molar-refractivity contribution in [1.82, 2.24) is 4.90 Å². The number of carbonyl (C=O) groups excluding carboxylic acids is 2. The molecule has 1 saturated heterocycles. The van der Waals surface area contributed by atoms with Crippen LogP contribution in [0.5, 0.6) is 5.75 Å². The summed E-state index contributed by atoms with van der Waals surface area (Å²) in [6, 6.07) is 8.89. The number of piperidine rings is 1. The maximum Gasteiger partial charge on any atom is 0.338 e. The van der Waals surface area contributed by atoms with Crippen LogP contribution < -0.4 is 10.5 Å². The molecule has 0 bridgehead atoms. The fourth-order valence-electron chi connectivity index (χ4n) is 3.81. The number of likely N-dealkylation sites (tertiary alicyclic amines) is 1. The molecule has 30 heavy (non-hydrogen) atoms. The molecule has 2 aromatic carbocycles. The zero-order chi connectivity index (χ0) is 21.5. The van der Waals surface area contributed by atoms with Crippen LogP contribution in [0, 0.1) is 5.92 Å². The molecule has 0 atom stereocenters. The van der Waals surface area contributed by atoms with Crippen LogP contribution in [0.3, 0.4) is 0 Å². The van der Waals surface area contributed by atoms with E-state index in [4.69, 9.17) is 15.2 Å². The zero-order valence-corrected chi connectivity index (χ0v) is 18.0. The first-order chi connectivity index (χ1) is 14.5. The van der Waals surface area contributed by atoms with Gasteiger partial charge in [0.05, 0.1) is 24.3 Å². The molecular formula is C24H32N2O4. The highest BCUT2D eigenvalue weighted by molar-refractivity contribution is 6.14. The Bertz CT molecular complexity index is 888. The molecule has 0 saturated carbocycles. The molecule has 2 aromatic rings. The number of ether oxygens (including phenoxy) is 2. The van der Waals surface area contributed by atoms with Gasteiger partial charge in [-0.1, -0.05) is 26.3 Å². The van der Waals surface area contributed by atoms with E-state index in [0.717, 1.165) is 24.1 Å². The van der Waals surface area contributed by atoms with Gasteiger partial charge in [-0.25, -0.2) is 4.79 Å². The average Bonchev–Trinajstić information content (AvgIpc) is 2.74. The molecule has 0 spiro atoms. The quantitative estimate of drug-likeness (QED) is 0.497. The molecule has 1 aliphatic rings. The summed E-state index contributed by atoms with van der Waals surface area (Å²) in [7, 11) is 0. The Balaban J connectivity index is 1.69. The van der Waals surface area contributed by atoms with Crippen LogP contribution in [0.1, 0.15) is 60.2 Å². The third kappa shape index (κ3) is 5.72. The van der Waals surface area contributed by atoms with Crippen molar-refractivity contribution in [2.75, 3.05) is 32.8 Å². The van der Waals surface area contributed by atoms with E-state index < -0.39 is 11.9 Å². The summed E-state index contributed by atoms with van der Waals surface area (Å²) in [5.74, 6) is -0.225. The second-order valence-electron chi connectivity index (χ2n) is 8.33. The van der Waals surface area contributed by atoms with E-state index in [1.165, 1.54) is 32.4 Å². The van der Waals surface area contributed by atoms with Gasteiger partial charge in [0.15, 0.2) is 0 Å². The van der Waals surface area contributed by atoms with Gasteiger partial charge in [0, 0.05) is 6.54 Å². The predicted molar refractivity (Wildman–Crippen MR) is 118 cm³/mol. The van der Waals surface area contributed by atoms with Crippen molar-refractivity contribution in [2.45, 2.75) is 39.5 Å². The van der Waals surface area contributed by atoms with E-state index >= 15 is 0 Å². The summed E-state index contributed by atoms with van der Waals surface area (Å²) in [5.41, 5.74) is 5.99. The summed E-state index contributed by atoms with van der Waals surface area (Å²) in [6.45, 7) is 8.28. The average molecular weight is 413 g/mol. The number of hydrogen-bond donors (Lipinski definition) is 1. The Morgan fingerprint density at radius 2 is 1.87 bits per heavy atom. The Morgan fingerprint density at radius 3 is 2.57 bits per heavy atom. The number of rotatable bonds is 9. The highest BCUT2D eigenvalue weighted by Gasteiger charge is 2.20. The van der Waals surface area contributed by atoms with Crippen molar-refractivity contribution in [3.05, 3.63) is 41.5 Å². The fraction of sp³-hybridized carbons (Fsp3) is 0.500. The van der Waals surface area contributed by atoms with Gasteiger partial charge in [-0.05, 0) is 73.3 Å². The maximum absolute atomic E-state index is 12.4. The SMILES string of the molecule is CC(C)COC(=O)c1ccc2cc(OCCCN3CCCCC3)ccc2c1C(N)=O. The smallest absolute Gasteiger partial charge is 0.338 e. The second-order valence-corrected chi connectivity index (χ2v) is 8.33. The predicted octanol–water partition coefficient (Wildman–Crippen LogP) is 4.01. The van der Waals surface area contributed by atoms with Crippen LogP contribution in [0.15, 0.2) is 30.3 Å². The molecule has 0 radical (unpaired) electrons. The molecule has 162 valence electrons. The third-order valence-electron chi connectivity index (χ3n) is 5.34. The highest BCUT2D eigenvalue weighted by atomic mass is 16.5. The van der Waals surface area contributed by atoms with Gasteiger partial charge in [0.25, 0.3) is 0 Å². The van der Waals surface area contributed by atoms with Crippen molar-refractivity contribution < 1.29 is 19.1 Å². The van der Waals surface area contributed by atoms with E-state index in [-0.39, 0.29) is 17.0 Å². The number of primary amides is 1. The number of benzene rings is 2. The molecule has 6 heteroatoms. The number of nitrogens with two attached hydrogens (primary N) is 1. The minimum Gasteiger partial charge on any atom is -0.494 e.